The number of hydrogen-bond acceptors (Lipinski definition) is 23. The third kappa shape index (κ3) is 20.3. The predicted octanol–water partition coefficient (Wildman–Crippen LogP) is 13.9. The van der Waals surface area contributed by atoms with Crippen LogP contribution < -0.4 is 47.0 Å². The Kier molecular flexibility index (Phi) is 28.2. The highest BCUT2D eigenvalue weighted by atomic mass is 32.2. The van der Waals surface area contributed by atoms with Crippen molar-refractivity contribution < 1.29 is 85.0 Å². The van der Waals surface area contributed by atoms with Crippen LogP contribution in [-0.2, 0) is 90.7 Å². The minimum absolute atomic E-state index is 0.0356. The number of furan rings is 1. The number of oxazole rings is 2. The van der Waals surface area contributed by atoms with Crippen LogP contribution >= 0.6 is 0 Å². The fourth-order valence-corrected chi connectivity index (χ4v) is 20.9. The van der Waals surface area contributed by atoms with Gasteiger partial charge in [0.25, 0.3) is 10.0 Å². The smallest absolute Gasteiger partial charge is 0.420 e. The topological polar surface area (TPSA) is 403 Å². The van der Waals surface area contributed by atoms with E-state index in [4.69, 9.17) is 37.9 Å². The summed E-state index contributed by atoms with van der Waals surface area (Å²) in [4.78, 5) is 76.8. The predicted molar refractivity (Wildman–Crippen MR) is 473 cm³/mol. The van der Waals surface area contributed by atoms with Gasteiger partial charge in [-0.1, -0.05) is 82.5 Å². The normalized spacial score (nSPS) is 14.6. The molecular weight excluding hydrogens is 1690 g/mol. The van der Waals surface area contributed by atoms with Crippen molar-refractivity contribution in [3.05, 3.63) is 225 Å². The van der Waals surface area contributed by atoms with Crippen LogP contribution in [0.5, 0.6) is 17.2 Å². The van der Waals surface area contributed by atoms with Crippen LogP contribution in [0.25, 0.3) is 44.4 Å². The number of amides is 3. The molecule has 1 saturated carbocycles. The van der Waals surface area contributed by atoms with Crippen molar-refractivity contribution in [2.45, 2.75) is 156 Å². The van der Waals surface area contributed by atoms with Crippen LogP contribution in [0.2, 0.25) is 0 Å². The SMILES string of the molecule is CC(C)c1ccc(NC(=O)Cn2c(=O)oc3cc(S(=O)(=O)N4CCCC4)ccc32)cc1.CCOC(=O)c1oc2ccc(S(=O)(=O)n3nc(-c4ccccc4OC)cc3N)cc2c1C.CCc1ccc(NC(=O)Cn2c(=O)oc3cc(S(=O)(=O)N4CCCCCC4)ccc32)cc1.COc1ccc(CS(=O)(=O)c2ccc3c(c2)CCCN3C(=O)C2CCC2)cc1OC. The number of carbonyl (C=O) groups excluding carboxylic acids is 4. The summed E-state index contributed by atoms with van der Waals surface area (Å²) in [6, 6.07) is 46.8. The molecule has 3 aliphatic heterocycles. The van der Waals surface area contributed by atoms with Gasteiger partial charge in [0, 0.05) is 90.4 Å². The van der Waals surface area contributed by atoms with Gasteiger partial charge in [-0.05, 0) is 209 Å². The number of sulfonamides is 2. The van der Waals surface area contributed by atoms with Crippen molar-refractivity contribution in [3.63, 3.8) is 0 Å². The van der Waals surface area contributed by atoms with Gasteiger partial charge in [-0.15, -0.1) is 4.09 Å². The standard InChI is InChI=1S/C23H27N3O5S.C23H27NO5S.C22H21N3O6S.C22H25N3O5S/c1-2-17-7-9-18(10-8-17)24-22(27)16-26-20-12-11-19(15-21(20)31-23(26)28)32(29,30)25-13-5-3-4-6-14-25;1-28-21-11-8-16(13-22(21)29-2)15-30(26,27)19-9-10-20-18(14-19)7-4-12-24(20)23(25)17-5-3-6-17;1-4-30-22(26)21-13(2)16-11-14(9-10-19(16)31-21)32(27,28)25-20(23)12-17(24-25)15-7-5-6-8-18(15)29-3;1-15(2)16-5-7-17(8-6-16)23-21(26)14-25-19-10-9-18(13-20(19)30-22(25)27)31(28,29)24-11-3-4-12-24/h7-12,15H,2-6,13-14,16H2,1H3,(H,24,27);8-11,13-14,17H,3-7,12,15H2,1-2H3;5-12H,4,23H2,1-3H3;5-10,13,15H,3-4,11-12,14H2,1-2H3,(H,23,26). The summed E-state index contributed by atoms with van der Waals surface area (Å²) in [7, 11) is -10.4. The average Bonchev–Trinajstić information content (AvgIpc) is 1.56. The minimum atomic E-state index is -4.12. The molecule has 7 heterocycles. The summed E-state index contributed by atoms with van der Waals surface area (Å²) in [6.07, 6.45) is 11.0. The van der Waals surface area contributed by atoms with Crippen molar-refractivity contribution in [2.75, 3.05) is 81.9 Å². The zero-order chi connectivity index (χ0) is 89.2. The first kappa shape index (κ1) is 90.6. The maximum atomic E-state index is 13.3. The van der Waals surface area contributed by atoms with Crippen LogP contribution in [0, 0.1) is 12.8 Å². The number of esters is 1. The first-order valence-corrected chi connectivity index (χ1v) is 47.2. The molecule has 4 N–H and O–H groups in total. The second-order valence-corrected chi connectivity index (χ2v) is 38.6. The highest BCUT2D eigenvalue weighted by Crippen LogP contribution is 2.39. The number of nitrogens with zero attached hydrogens (tertiary/aromatic N) is 7. The molecule has 35 heteroatoms. The number of sulfone groups is 1. The van der Waals surface area contributed by atoms with Gasteiger partial charge in [0.05, 0.1) is 70.0 Å². The summed E-state index contributed by atoms with van der Waals surface area (Å²) in [6.45, 7) is 12.0. The van der Waals surface area contributed by atoms with Crippen LogP contribution in [0.3, 0.4) is 0 Å². The lowest BCUT2D eigenvalue weighted by Gasteiger charge is -2.35. The zero-order valence-corrected chi connectivity index (χ0v) is 73.8. The Morgan fingerprint density at radius 1 is 0.536 bits per heavy atom. The zero-order valence-electron chi connectivity index (χ0n) is 70.6. The Labute approximate surface area is 724 Å². The molecule has 31 nitrogen and oxygen atoms in total. The molecule has 3 amide bonds. The van der Waals surface area contributed by atoms with E-state index in [1.165, 1.54) is 92.6 Å². The van der Waals surface area contributed by atoms with Crippen molar-refractivity contribution >= 4 is 120 Å². The van der Waals surface area contributed by atoms with Crippen LogP contribution in [0.4, 0.5) is 22.9 Å². The first-order valence-electron chi connectivity index (χ1n) is 41.2. The monoisotopic (exact) mass is 1780 g/mol. The summed E-state index contributed by atoms with van der Waals surface area (Å²) < 4.78 is 147. The number of aromatic nitrogens is 4. The Morgan fingerprint density at radius 2 is 1.07 bits per heavy atom. The van der Waals surface area contributed by atoms with Crippen molar-refractivity contribution in [2.24, 2.45) is 5.92 Å². The molecule has 2 saturated heterocycles. The summed E-state index contributed by atoms with van der Waals surface area (Å²) in [5, 5.41) is 10.2. The van der Waals surface area contributed by atoms with E-state index in [0.717, 1.165) is 104 Å². The molecule has 0 unspecified atom stereocenters. The number of ether oxygens (including phenoxy) is 4. The molecule has 16 rings (SSSR count). The number of nitrogen functional groups attached to an aromatic ring is 1. The van der Waals surface area contributed by atoms with Gasteiger partial charge in [0.2, 0.25) is 43.5 Å². The molecule has 0 bridgehead atoms. The Balaban J connectivity index is 0.000000143. The molecule has 1 aliphatic carbocycles. The second-order valence-electron chi connectivity index (χ2n) is 30.9. The van der Waals surface area contributed by atoms with E-state index in [1.54, 1.807) is 81.6 Å². The van der Waals surface area contributed by atoms with Crippen molar-refractivity contribution in [3.8, 4) is 28.5 Å². The van der Waals surface area contributed by atoms with E-state index < -0.39 is 57.4 Å². The molecular formula is C90H100N10O21S4. The summed E-state index contributed by atoms with van der Waals surface area (Å²) in [5.74, 6) is -0.628. The third-order valence-corrected chi connectivity index (χ3v) is 29.4. The number of nitrogens with one attached hydrogen (secondary N) is 2. The fourth-order valence-electron chi connectivity index (χ4n) is 15.2. The molecule has 4 aromatic heterocycles. The summed E-state index contributed by atoms with van der Waals surface area (Å²) >= 11 is 0. The molecule has 660 valence electrons. The number of rotatable bonds is 24. The molecule has 125 heavy (non-hydrogen) atoms. The lowest BCUT2D eigenvalue weighted by Crippen LogP contribution is -2.41. The molecule has 0 radical (unpaired) electrons. The maximum Gasteiger partial charge on any atom is 0.420 e. The molecule has 12 aromatic rings. The average molecular weight is 1790 g/mol. The lowest BCUT2D eigenvalue weighted by atomic mass is 9.83. The third-order valence-electron chi connectivity index (χ3n) is 22.3. The number of aryl methyl sites for hydroxylation is 3. The van der Waals surface area contributed by atoms with Crippen molar-refractivity contribution in [1.82, 2.24) is 26.9 Å². The first-order chi connectivity index (χ1) is 59.8. The lowest BCUT2D eigenvalue weighted by molar-refractivity contribution is -0.124. The molecule has 3 fully saturated rings. The number of carbonyl (C=O) groups is 4. The fraction of sp³-hybridized carbons (Fsp3) is 0.344. The van der Waals surface area contributed by atoms with E-state index in [9.17, 15) is 62.4 Å². The number of benzene rings is 8. The van der Waals surface area contributed by atoms with Gasteiger partial charge in [0.15, 0.2) is 32.5 Å². The Morgan fingerprint density at radius 3 is 1.62 bits per heavy atom. The van der Waals surface area contributed by atoms with Crippen LogP contribution in [0.15, 0.2) is 212 Å². The molecule has 8 aromatic carbocycles. The van der Waals surface area contributed by atoms with E-state index in [0.29, 0.717) is 112 Å². The van der Waals surface area contributed by atoms with Crippen LogP contribution in [-0.4, -0.2) is 145 Å². The Hall–Kier alpha value is -12.2. The number of fused-ring (bicyclic) bond motifs is 4. The largest absolute Gasteiger partial charge is 0.496 e. The van der Waals surface area contributed by atoms with Gasteiger partial charge in [-0.3, -0.25) is 23.5 Å². The number of hydrogen-bond donors (Lipinski definition) is 3. The van der Waals surface area contributed by atoms with E-state index in [1.807, 2.05) is 53.4 Å². The van der Waals surface area contributed by atoms with Gasteiger partial charge in [0.1, 0.15) is 30.2 Å². The van der Waals surface area contributed by atoms with Gasteiger partial charge >= 0.3 is 17.5 Å². The van der Waals surface area contributed by atoms with E-state index in [-0.39, 0.29) is 91.4 Å². The van der Waals surface area contributed by atoms with E-state index >= 15 is 0 Å². The number of para-hydroxylation sites is 1. The second kappa shape index (κ2) is 38.9. The number of anilines is 4. The molecule has 0 spiro atoms. The highest BCUT2D eigenvalue weighted by Gasteiger charge is 2.35. The van der Waals surface area contributed by atoms with Crippen molar-refractivity contribution in [1.29, 1.82) is 0 Å². The highest BCUT2D eigenvalue weighted by molar-refractivity contribution is 7.91. The van der Waals surface area contributed by atoms with Crippen LogP contribution in [0.1, 0.15) is 136 Å². The maximum absolute atomic E-state index is 13.3. The Bertz CT molecular complexity index is 6610. The molecule has 4 aliphatic rings. The number of nitrogens with two attached hydrogens (primary N) is 1. The van der Waals surface area contributed by atoms with Gasteiger partial charge < -0.3 is 53.5 Å². The van der Waals surface area contributed by atoms with E-state index in [2.05, 4.69) is 36.5 Å². The summed E-state index contributed by atoms with van der Waals surface area (Å²) in [5.41, 5.74) is 14.9. The van der Waals surface area contributed by atoms with Gasteiger partial charge in [-0.2, -0.15) is 22.1 Å². The molecule has 0 atom stereocenters. The van der Waals surface area contributed by atoms with Gasteiger partial charge in [-0.25, -0.2) is 39.6 Å². The number of methoxy groups -OCH3 is 3. The minimum Gasteiger partial charge on any atom is -0.496 e. The quantitative estimate of drug-likeness (QED) is 0.0473.